The topological polar surface area (TPSA) is 69.6 Å². The maximum Gasteiger partial charge on any atom is 0.320 e. The SMILES string of the molecule is CCCC(NCC(=O)N(C)Cc1cc(Cl)cc(Cl)c1)C(=O)O. The van der Waals surface area contributed by atoms with E-state index < -0.39 is 12.0 Å². The minimum Gasteiger partial charge on any atom is -0.480 e. The van der Waals surface area contributed by atoms with Gasteiger partial charge < -0.3 is 10.0 Å². The van der Waals surface area contributed by atoms with Crippen LogP contribution in [0.5, 0.6) is 0 Å². The van der Waals surface area contributed by atoms with Crippen LogP contribution < -0.4 is 5.32 Å². The molecule has 0 heterocycles. The lowest BCUT2D eigenvalue weighted by Gasteiger charge is -2.20. The maximum atomic E-state index is 12.1. The van der Waals surface area contributed by atoms with E-state index in [4.69, 9.17) is 28.3 Å². The number of carbonyl (C=O) groups excluding carboxylic acids is 1. The molecule has 0 aliphatic heterocycles. The number of carboxylic acid groups (broad SMARTS) is 1. The van der Waals surface area contributed by atoms with Gasteiger partial charge >= 0.3 is 5.97 Å². The second-order valence-corrected chi connectivity index (χ2v) is 5.96. The van der Waals surface area contributed by atoms with E-state index in [0.29, 0.717) is 23.0 Å². The number of likely N-dealkylation sites (N-methyl/N-ethyl adjacent to an activating group) is 1. The van der Waals surface area contributed by atoms with Crippen molar-refractivity contribution in [3.05, 3.63) is 33.8 Å². The lowest BCUT2D eigenvalue weighted by atomic mass is 10.1. The van der Waals surface area contributed by atoms with Crippen LogP contribution in [0, 0.1) is 0 Å². The number of benzene rings is 1. The number of carbonyl (C=O) groups is 2. The number of carboxylic acids is 1. The third-order valence-electron chi connectivity index (χ3n) is 3.14. The van der Waals surface area contributed by atoms with Gasteiger partial charge in [0.2, 0.25) is 5.91 Å². The summed E-state index contributed by atoms with van der Waals surface area (Å²) in [5.74, 6) is -1.14. The molecule has 0 fully saturated rings. The van der Waals surface area contributed by atoms with Crippen molar-refractivity contribution in [2.24, 2.45) is 0 Å². The average Bonchev–Trinajstić information content (AvgIpc) is 2.41. The number of nitrogens with one attached hydrogen (secondary N) is 1. The smallest absolute Gasteiger partial charge is 0.320 e. The van der Waals surface area contributed by atoms with Crippen molar-refractivity contribution < 1.29 is 14.7 Å². The van der Waals surface area contributed by atoms with Gasteiger partial charge in [0.05, 0.1) is 6.54 Å². The van der Waals surface area contributed by atoms with Crippen molar-refractivity contribution in [3.8, 4) is 0 Å². The molecule has 0 aliphatic carbocycles. The molecule has 0 aromatic heterocycles. The van der Waals surface area contributed by atoms with Crippen LogP contribution in [0.3, 0.4) is 0 Å². The van der Waals surface area contributed by atoms with Gasteiger partial charge in [-0.3, -0.25) is 14.9 Å². The molecule has 0 aliphatic rings. The Balaban J connectivity index is 2.56. The van der Waals surface area contributed by atoms with E-state index in [1.165, 1.54) is 4.90 Å². The summed E-state index contributed by atoms with van der Waals surface area (Å²) in [6, 6.07) is 4.39. The zero-order valence-corrected chi connectivity index (χ0v) is 14.1. The summed E-state index contributed by atoms with van der Waals surface area (Å²) in [7, 11) is 1.65. The molecule has 0 bridgehead atoms. The predicted molar refractivity (Wildman–Crippen MR) is 87.3 cm³/mol. The van der Waals surface area contributed by atoms with Crippen molar-refractivity contribution in [1.29, 1.82) is 0 Å². The first-order valence-corrected chi connectivity index (χ1v) is 7.74. The number of halogens is 2. The fraction of sp³-hybridized carbons (Fsp3) is 0.467. The van der Waals surface area contributed by atoms with Gasteiger partial charge in [0, 0.05) is 23.6 Å². The molecule has 0 saturated carbocycles. The van der Waals surface area contributed by atoms with E-state index >= 15 is 0 Å². The van der Waals surface area contributed by atoms with Crippen LogP contribution in [-0.4, -0.2) is 41.5 Å². The molecule has 2 N–H and O–H groups in total. The second-order valence-electron chi connectivity index (χ2n) is 5.09. The van der Waals surface area contributed by atoms with E-state index in [1.807, 2.05) is 6.92 Å². The van der Waals surface area contributed by atoms with Crippen molar-refractivity contribution in [2.45, 2.75) is 32.4 Å². The Bertz CT molecular complexity index is 517. The normalized spacial score (nSPS) is 12.0. The van der Waals surface area contributed by atoms with Crippen molar-refractivity contribution in [2.75, 3.05) is 13.6 Å². The molecular formula is C15H20Cl2N2O3. The highest BCUT2D eigenvalue weighted by atomic mass is 35.5. The molecule has 0 saturated heterocycles. The Kier molecular flexibility index (Phi) is 7.65. The van der Waals surface area contributed by atoms with Gasteiger partial charge in [-0.05, 0) is 30.2 Å². The van der Waals surface area contributed by atoms with Gasteiger partial charge in [-0.2, -0.15) is 0 Å². The molecule has 22 heavy (non-hydrogen) atoms. The molecule has 5 nitrogen and oxygen atoms in total. The predicted octanol–water partition coefficient (Wildman–Crippen LogP) is 2.79. The summed E-state index contributed by atoms with van der Waals surface area (Å²) in [4.78, 5) is 24.6. The van der Waals surface area contributed by atoms with E-state index in [9.17, 15) is 9.59 Å². The molecule has 0 spiro atoms. The number of aliphatic carboxylic acids is 1. The molecule has 1 atom stereocenters. The molecule has 1 rings (SSSR count). The van der Waals surface area contributed by atoms with Crippen LogP contribution in [0.15, 0.2) is 18.2 Å². The highest BCUT2D eigenvalue weighted by Crippen LogP contribution is 2.19. The van der Waals surface area contributed by atoms with Crippen molar-refractivity contribution in [3.63, 3.8) is 0 Å². The minimum absolute atomic E-state index is 0.0260. The number of amides is 1. The second kappa shape index (κ2) is 8.98. The highest BCUT2D eigenvalue weighted by molar-refractivity contribution is 6.34. The summed E-state index contributed by atoms with van der Waals surface area (Å²) < 4.78 is 0. The lowest BCUT2D eigenvalue weighted by Crippen LogP contribution is -2.43. The standard InChI is InChI=1S/C15H20Cl2N2O3/c1-3-4-13(15(21)22)18-8-14(20)19(2)9-10-5-11(16)7-12(17)6-10/h5-7,13,18H,3-4,8-9H2,1-2H3,(H,21,22). The number of nitrogens with zero attached hydrogens (tertiary/aromatic N) is 1. The van der Waals surface area contributed by atoms with Crippen molar-refractivity contribution in [1.82, 2.24) is 10.2 Å². The molecule has 1 unspecified atom stereocenters. The number of hydrogen-bond acceptors (Lipinski definition) is 3. The van der Waals surface area contributed by atoms with Crippen LogP contribution in [0.2, 0.25) is 10.0 Å². The molecule has 0 radical (unpaired) electrons. The molecular weight excluding hydrogens is 327 g/mol. The minimum atomic E-state index is -0.945. The quantitative estimate of drug-likeness (QED) is 0.759. The monoisotopic (exact) mass is 346 g/mol. The van der Waals surface area contributed by atoms with Gasteiger partial charge in [-0.25, -0.2) is 0 Å². The molecule has 1 aromatic carbocycles. The summed E-state index contributed by atoms with van der Waals surface area (Å²) in [5.41, 5.74) is 0.816. The van der Waals surface area contributed by atoms with E-state index in [0.717, 1.165) is 12.0 Å². The van der Waals surface area contributed by atoms with Crippen LogP contribution in [0.1, 0.15) is 25.3 Å². The van der Waals surface area contributed by atoms with Gasteiger partial charge in [0.25, 0.3) is 0 Å². The first kappa shape index (κ1) is 18.7. The summed E-state index contributed by atoms with van der Waals surface area (Å²) in [6.07, 6.45) is 1.21. The molecule has 7 heteroatoms. The summed E-state index contributed by atoms with van der Waals surface area (Å²) >= 11 is 11.8. The maximum absolute atomic E-state index is 12.1. The summed E-state index contributed by atoms with van der Waals surface area (Å²) in [5, 5.41) is 12.8. The van der Waals surface area contributed by atoms with Crippen molar-refractivity contribution >= 4 is 35.1 Å². The fourth-order valence-corrected chi connectivity index (χ4v) is 2.58. The Morgan fingerprint density at radius 3 is 2.36 bits per heavy atom. The van der Waals surface area contributed by atoms with Gasteiger partial charge in [0.1, 0.15) is 6.04 Å². The summed E-state index contributed by atoms with van der Waals surface area (Å²) in [6.45, 7) is 2.22. The van der Waals surface area contributed by atoms with Gasteiger partial charge in [-0.1, -0.05) is 36.5 Å². The largest absolute Gasteiger partial charge is 0.480 e. The Labute approximate surface area is 140 Å². The first-order valence-electron chi connectivity index (χ1n) is 6.98. The van der Waals surface area contributed by atoms with Crippen LogP contribution in [-0.2, 0) is 16.1 Å². The highest BCUT2D eigenvalue weighted by Gasteiger charge is 2.18. The zero-order chi connectivity index (χ0) is 16.7. The van der Waals surface area contributed by atoms with Gasteiger partial charge in [-0.15, -0.1) is 0 Å². The molecule has 1 aromatic rings. The zero-order valence-electron chi connectivity index (χ0n) is 12.6. The van der Waals surface area contributed by atoms with Crippen LogP contribution in [0.25, 0.3) is 0 Å². The fourth-order valence-electron chi connectivity index (χ4n) is 2.01. The number of hydrogen-bond donors (Lipinski definition) is 2. The Hall–Kier alpha value is -1.30. The average molecular weight is 347 g/mol. The van der Waals surface area contributed by atoms with E-state index in [2.05, 4.69) is 5.32 Å². The third kappa shape index (κ3) is 6.22. The molecule has 1 amide bonds. The third-order valence-corrected chi connectivity index (χ3v) is 3.58. The number of rotatable bonds is 8. The Morgan fingerprint density at radius 1 is 1.27 bits per heavy atom. The molecule has 122 valence electrons. The first-order chi connectivity index (χ1) is 10.3. The van der Waals surface area contributed by atoms with Crippen LogP contribution in [0.4, 0.5) is 0 Å². The van der Waals surface area contributed by atoms with E-state index in [1.54, 1.807) is 25.2 Å². The van der Waals surface area contributed by atoms with Gasteiger partial charge in [0.15, 0.2) is 0 Å². The Morgan fingerprint density at radius 2 is 1.86 bits per heavy atom. The van der Waals surface area contributed by atoms with Crippen LogP contribution >= 0.6 is 23.2 Å². The van der Waals surface area contributed by atoms with E-state index in [-0.39, 0.29) is 12.5 Å². The lowest BCUT2D eigenvalue weighted by molar-refractivity contribution is -0.140.